The number of amides is 1. The second-order valence-electron chi connectivity index (χ2n) is 5.93. The zero-order valence-corrected chi connectivity index (χ0v) is 14.4. The summed E-state index contributed by atoms with van der Waals surface area (Å²) in [5.74, 6) is 0.235. The Morgan fingerprint density at radius 1 is 0.846 bits per heavy atom. The lowest BCUT2D eigenvalue weighted by Gasteiger charge is -2.09. The molecule has 4 nitrogen and oxygen atoms in total. The molecule has 0 aliphatic heterocycles. The molecule has 0 aromatic heterocycles. The van der Waals surface area contributed by atoms with Gasteiger partial charge in [0.15, 0.2) is 12.4 Å². The van der Waals surface area contributed by atoms with Crippen LogP contribution >= 0.6 is 0 Å². The number of benzene rings is 3. The minimum Gasteiger partial charge on any atom is -0.485 e. The number of aryl methyl sites for hydroxylation is 1. The molecule has 3 rings (SSSR count). The summed E-state index contributed by atoms with van der Waals surface area (Å²) in [6.07, 6.45) is 0. The van der Waals surface area contributed by atoms with Crippen LogP contribution in [0.4, 0.5) is 5.69 Å². The van der Waals surface area contributed by atoms with Gasteiger partial charge in [0.1, 0.15) is 5.75 Å². The topological polar surface area (TPSA) is 55.4 Å². The molecule has 0 bridgehead atoms. The molecule has 0 heterocycles. The third-order valence-corrected chi connectivity index (χ3v) is 3.87. The van der Waals surface area contributed by atoms with Crippen molar-refractivity contribution in [1.82, 2.24) is 0 Å². The van der Waals surface area contributed by atoms with Crippen LogP contribution in [-0.4, -0.2) is 18.3 Å². The van der Waals surface area contributed by atoms with Gasteiger partial charge in [-0.1, -0.05) is 54.1 Å². The summed E-state index contributed by atoms with van der Waals surface area (Å²) in [6.45, 7) is 1.92. The number of carbonyl (C=O) groups excluding carboxylic acids is 2. The quantitative estimate of drug-likeness (QED) is 0.669. The van der Waals surface area contributed by atoms with Gasteiger partial charge in [0.2, 0.25) is 0 Å². The SMILES string of the molecule is Cc1ccc(C(=O)COc2cccc(NC(=O)c3ccccc3)c2)cc1. The van der Waals surface area contributed by atoms with E-state index in [1.807, 2.05) is 37.3 Å². The van der Waals surface area contributed by atoms with E-state index in [2.05, 4.69) is 5.32 Å². The van der Waals surface area contributed by atoms with Gasteiger partial charge in [0, 0.05) is 22.9 Å². The Kier molecular flexibility index (Phi) is 5.44. The summed E-state index contributed by atoms with van der Waals surface area (Å²) in [7, 11) is 0. The molecule has 0 saturated heterocycles. The lowest BCUT2D eigenvalue weighted by molar-refractivity contribution is 0.0920. The van der Waals surface area contributed by atoms with Gasteiger partial charge in [-0.3, -0.25) is 9.59 Å². The van der Waals surface area contributed by atoms with E-state index in [0.717, 1.165) is 5.56 Å². The molecular formula is C22H19NO3. The molecule has 0 radical (unpaired) electrons. The van der Waals surface area contributed by atoms with Crippen LogP contribution in [0.2, 0.25) is 0 Å². The Morgan fingerprint density at radius 2 is 1.58 bits per heavy atom. The van der Waals surface area contributed by atoms with E-state index in [1.54, 1.807) is 48.5 Å². The summed E-state index contributed by atoms with van der Waals surface area (Å²) >= 11 is 0. The first-order valence-corrected chi connectivity index (χ1v) is 8.31. The van der Waals surface area contributed by atoms with Gasteiger partial charge in [-0.25, -0.2) is 0 Å². The first-order chi connectivity index (χ1) is 12.6. The highest BCUT2D eigenvalue weighted by molar-refractivity contribution is 6.04. The monoisotopic (exact) mass is 345 g/mol. The maximum Gasteiger partial charge on any atom is 0.255 e. The fourth-order valence-electron chi connectivity index (χ4n) is 2.43. The Hall–Kier alpha value is -3.40. The highest BCUT2D eigenvalue weighted by Gasteiger charge is 2.08. The number of ketones is 1. The molecule has 3 aromatic carbocycles. The molecule has 0 aliphatic carbocycles. The molecule has 130 valence electrons. The fourth-order valence-corrected chi connectivity index (χ4v) is 2.43. The molecule has 26 heavy (non-hydrogen) atoms. The maximum atomic E-state index is 12.2. The van der Waals surface area contributed by atoms with Crippen molar-refractivity contribution in [3.05, 3.63) is 95.6 Å². The van der Waals surface area contributed by atoms with Crippen molar-refractivity contribution < 1.29 is 14.3 Å². The van der Waals surface area contributed by atoms with Crippen LogP contribution in [0.15, 0.2) is 78.9 Å². The number of carbonyl (C=O) groups is 2. The average molecular weight is 345 g/mol. The molecule has 3 aromatic rings. The van der Waals surface area contributed by atoms with E-state index < -0.39 is 0 Å². The van der Waals surface area contributed by atoms with Gasteiger partial charge < -0.3 is 10.1 Å². The Bertz CT molecular complexity index is 902. The first-order valence-electron chi connectivity index (χ1n) is 8.31. The predicted octanol–water partition coefficient (Wildman–Crippen LogP) is 4.51. The first kappa shape index (κ1) is 17.4. The standard InChI is InChI=1S/C22H19NO3/c1-16-10-12-17(13-11-16)21(24)15-26-20-9-5-8-19(14-20)23-22(25)18-6-3-2-4-7-18/h2-14H,15H2,1H3,(H,23,25). The van der Waals surface area contributed by atoms with Gasteiger partial charge in [0.05, 0.1) is 0 Å². The number of rotatable bonds is 6. The van der Waals surface area contributed by atoms with Crippen molar-refractivity contribution in [2.45, 2.75) is 6.92 Å². The van der Waals surface area contributed by atoms with Crippen molar-refractivity contribution >= 4 is 17.4 Å². The summed E-state index contributed by atoms with van der Waals surface area (Å²) in [5.41, 5.74) is 2.90. The van der Waals surface area contributed by atoms with E-state index in [-0.39, 0.29) is 18.3 Å². The van der Waals surface area contributed by atoms with Gasteiger partial charge in [-0.05, 0) is 31.2 Å². The number of anilines is 1. The van der Waals surface area contributed by atoms with Crippen LogP contribution in [0.1, 0.15) is 26.3 Å². The summed E-state index contributed by atoms with van der Waals surface area (Å²) < 4.78 is 5.58. The predicted molar refractivity (Wildman–Crippen MR) is 102 cm³/mol. The zero-order chi connectivity index (χ0) is 18.4. The van der Waals surface area contributed by atoms with E-state index in [9.17, 15) is 9.59 Å². The van der Waals surface area contributed by atoms with Crippen molar-refractivity contribution in [2.75, 3.05) is 11.9 Å². The Balaban J connectivity index is 1.61. The largest absolute Gasteiger partial charge is 0.485 e. The van der Waals surface area contributed by atoms with Gasteiger partial charge in [-0.15, -0.1) is 0 Å². The second kappa shape index (κ2) is 8.12. The molecule has 0 unspecified atom stereocenters. The lowest BCUT2D eigenvalue weighted by Crippen LogP contribution is -2.13. The van der Waals surface area contributed by atoms with Crippen LogP contribution < -0.4 is 10.1 Å². The normalized spacial score (nSPS) is 10.2. The van der Waals surface area contributed by atoms with Gasteiger partial charge in [-0.2, -0.15) is 0 Å². The number of Topliss-reactive ketones (excluding diaryl/α,β-unsaturated/α-hetero) is 1. The molecule has 0 aliphatic rings. The minimum atomic E-state index is -0.196. The highest BCUT2D eigenvalue weighted by atomic mass is 16.5. The minimum absolute atomic E-state index is 0.0564. The van der Waals surface area contributed by atoms with E-state index in [4.69, 9.17) is 4.74 Å². The van der Waals surface area contributed by atoms with Crippen LogP contribution in [0, 0.1) is 6.92 Å². The molecular weight excluding hydrogens is 326 g/mol. The van der Waals surface area contributed by atoms with Gasteiger partial charge >= 0.3 is 0 Å². The van der Waals surface area contributed by atoms with Crippen LogP contribution in [0.5, 0.6) is 5.75 Å². The Morgan fingerprint density at radius 3 is 2.31 bits per heavy atom. The van der Waals surface area contributed by atoms with Crippen molar-refractivity contribution in [2.24, 2.45) is 0 Å². The van der Waals surface area contributed by atoms with E-state index >= 15 is 0 Å². The van der Waals surface area contributed by atoms with Crippen molar-refractivity contribution in [1.29, 1.82) is 0 Å². The molecule has 0 fully saturated rings. The van der Waals surface area contributed by atoms with Crippen LogP contribution in [0.3, 0.4) is 0 Å². The number of hydrogen-bond acceptors (Lipinski definition) is 3. The maximum absolute atomic E-state index is 12.2. The lowest BCUT2D eigenvalue weighted by atomic mass is 10.1. The molecule has 4 heteroatoms. The summed E-state index contributed by atoms with van der Waals surface area (Å²) in [6, 6.07) is 23.3. The number of ether oxygens (including phenoxy) is 1. The summed E-state index contributed by atoms with van der Waals surface area (Å²) in [5, 5.41) is 2.82. The van der Waals surface area contributed by atoms with Crippen molar-refractivity contribution in [3.63, 3.8) is 0 Å². The number of hydrogen-bond donors (Lipinski definition) is 1. The molecule has 0 spiro atoms. The Labute approximate surface area is 152 Å². The molecule has 0 saturated carbocycles. The fraction of sp³-hybridized carbons (Fsp3) is 0.0909. The van der Waals surface area contributed by atoms with Crippen LogP contribution in [0.25, 0.3) is 0 Å². The van der Waals surface area contributed by atoms with E-state index in [0.29, 0.717) is 22.6 Å². The van der Waals surface area contributed by atoms with Crippen molar-refractivity contribution in [3.8, 4) is 5.75 Å². The third-order valence-electron chi connectivity index (χ3n) is 3.87. The third kappa shape index (κ3) is 4.57. The molecule has 1 N–H and O–H groups in total. The second-order valence-corrected chi connectivity index (χ2v) is 5.93. The smallest absolute Gasteiger partial charge is 0.255 e. The summed E-state index contributed by atoms with van der Waals surface area (Å²) in [4.78, 5) is 24.4. The van der Waals surface area contributed by atoms with E-state index in [1.165, 1.54) is 0 Å². The highest BCUT2D eigenvalue weighted by Crippen LogP contribution is 2.18. The average Bonchev–Trinajstić information content (AvgIpc) is 2.67. The molecule has 1 amide bonds. The number of nitrogens with one attached hydrogen (secondary N) is 1. The zero-order valence-electron chi connectivity index (χ0n) is 14.4. The van der Waals surface area contributed by atoms with Gasteiger partial charge in [0.25, 0.3) is 5.91 Å². The van der Waals surface area contributed by atoms with Crippen LogP contribution in [-0.2, 0) is 0 Å². The molecule has 0 atom stereocenters.